The van der Waals surface area contributed by atoms with E-state index in [0.29, 0.717) is 31.6 Å². The number of hydrogen-bond donors (Lipinski definition) is 1. The van der Waals surface area contributed by atoms with Crippen molar-refractivity contribution in [1.29, 1.82) is 0 Å². The second kappa shape index (κ2) is 5.80. The molecule has 0 bridgehead atoms. The zero-order valence-corrected chi connectivity index (χ0v) is 13.8. The Labute approximate surface area is 133 Å². The van der Waals surface area contributed by atoms with E-state index in [9.17, 15) is 13.2 Å². The second-order valence-electron chi connectivity index (χ2n) is 5.69. The van der Waals surface area contributed by atoms with Crippen molar-refractivity contribution in [3.05, 3.63) is 29.4 Å². The molecule has 3 heterocycles. The fourth-order valence-electron chi connectivity index (χ4n) is 2.79. The van der Waals surface area contributed by atoms with E-state index in [1.807, 2.05) is 6.92 Å². The number of aryl methyl sites for hydroxylation is 1. The Hall–Kier alpha value is -2.16. The molecule has 0 aliphatic carbocycles. The highest BCUT2D eigenvalue weighted by Gasteiger charge is 2.33. The third-order valence-electron chi connectivity index (χ3n) is 4.05. The molecule has 1 amide bonds. The molecule has 2 aromatic rings. The molecule has 0 radical (unpaired) electrons. The van der Waals surface area contributed by atoms with Gasteiger partial charge in [0, 0.05) is 31.3 Å². The van der Waals surface area contributed by atoms with E-state index in [4.69, 9.17) is 4.52 Å². The van der Waals surface area contributed by atoms with Crippen LogP contribution in [0.2, 0.25) is 0 Å². The molecule has 23 heavy (non-hydrogen) atoms. The lowest BCUT2D eigenvalue weighted by Gasteiger charge is -2.14. The van der Waals surface area contributed by atoms with Crippen LogP contribution in [0.15, 0.2) is 21.7 Å². The van der Waals surface area contributed by atoms with Crippen LogP contribution in [-0.4, -0.2) is 53.9 Å². The standard InChI is InChI=1S/C14H18N4O4S/c1-3-10-6-11(22-17-10)14(19)18-5-4-9(8-18)13-12(7-15-16-13)23(2,20)21/h6-7,9H,3-5,8H2,1-2H3,(H,15,16)/t9-/m1/s1. The number of hydrogen-bond acceptors (Lipinski definition) is 6. The molecule has 0 spiro atoms. The number of aromatic amines is 1. The first kappa shape index (κ1) is 15.7. The van der Waals surface area contributed by atoms with Crippen molar-refractivity contribution in [2.24, 2.45) is 0 Å². The Morgan fingerprint density at radius 3 is 2.96 bits per heavy atom. The Bertz CT molecular complexity index is 823. The summed E-state index contributed by atoms with van der Waals surface area (Å²) in [7, 11) is -3.34. The van der Waals surface area contributed by atoms with Gasteiger partial charge in [0.05, 0.1) is 17.6 Å². The normalized spacial score (nSPS) is 18.5. The van der Waals surface area contributed by atoms with Gasteiger partial charge in [0.15, 0.2) is 9.84 Å². The largest absolute Gasteiger partial charge is 0.351 e. The zero-order valence-electron chi connectivity index (χ0n) is 12.9. The number of nitrogens with one attached hydrogen (secondary N) is 1. The Balaban J connectivity index is 1.76. The van der Waals surface area contributed by atoms with Gasteiger partial charge in [0.1, 0.15) is 4.90 Å². The summed E-state index contributed by atoms with van der Waals surface area (Å²) in [6, 6.07) is 1.65. The number of amides is 1. The van der Waals surface area contributed by atoms with Gasteiger partial charge < -0.3 is 9.42 Å². The minimum absolute atomic E-state index is 0.0836. The fraction of sp³-hybridized carbons (Fsp3) is 0.500. The number of carbonyl (C=O) groups excluding carboxylic acids is 1. The van der Waals surface area contributed by atoms with Crippen LogP contribution in [0.25, 0.3) is 0 Å². The topological polar surface area (TPSA) is 109 Å². The molecule has 1 N–H and O–H groups in total. The number of sulfone groups is 1. The van der Waals surface area contributed by atoms with Gasteiger partial charge in [-0.25, -0.2) is 8.42 Å². The molecule has 124 valence electrons. The van der Waals surface area contributed by atoms with Crippen molar-refractivity contribution in [1.82, 2.24) is 20.3 Å². The van der Waals surface area contributed by atoms with Crippen molar-refractivity contribution < 1.29 is 17.7 Å². The first-order chi connectivity index (χ1) is 10.9. The minimum atomic E-state index is -3.34. The predicted molar refractivity (Wildman–Crippen MR) is 80.8 cm³/mol. The number of carbonyl (C=O) groups is 1. The molecule has 3 rings (SSSR count). The van der Waals surface area contributed by atoms with Crippen LogP contribution in [0.5, 0.6) is 0 Å². The summed E-state index contributed by atoms with van der Waals surface area (Å²) in [5.41, 5.74) is 1.30. The number of rotatable bonds is 4. The van der Waals surface area contributed by atoms with Crippen LogP contribution in [0.1, 0.15) is 41.2 Å². The fourth-order valence-corrected chi connectivity index (χ4v) is 3.64. The highest BCUT2D eigenvalue weighted by molar-refractivity contribution is 7.90. The van der Waals surface area contributed by atoms with Crippen molar-refractivity contribution in [2.45, 2.75) is 30.6 Å². The molecule has 1 aliphatic rings. The monoisotopic (exact) mass is 338 g/mol. The van der Waals surface area contributed by atoms with Crippen LogP contribution in [0.3, 0.4) is 0 Å². The number of likely N-dealkylation sites (tertiary alicyclic amines) is 1. The predicted octanol–water partition coefficient (Wildman–Crippen LogP) is 0.993. The maximum atomic E-state index is 12.4. The Morgan fingerprint density at radius 1 is 1.52 bits per heavy atom. The number of H-pyrrole nitrogens is 1. The number of nitrogens with zero attached hydrogens (tertiary/aromatic N) is 3. The Morgan fingerprint density at radius 2 is 2.30 bits per heavy atom. The smallest absolute Gasteiger partial charge is 0.292 e. The molecule has 0 aromatic carbocycles. The number of aromatic nitrogens is 3. The van der Waals surface area contributed by atoms with Crippen LogP contribution in [0, 0.1) is 0 Å². The van der Waals surface area contributed by atoms with Gasteiger partial charge in [-0.05, 0) is 12.8 Å². The van der Waals surface area contributed by atoms with Crippen molar-refractivity contribution in [3.63, 3.8) is 0 Å². The Kier molecular flexibility index (Phi) is 3.97. The van der Waals surface area contributed by atoms with Gasteiger partial charge >= 0.3 is 0 Å². The molecule has 1 saturated heterocycles. The van der Waals surface area contributed by atoms with Gasteiger partial charge in [-0.3, -0.25) is 9.89 Å². The zero-order chi connectivity index (χ0) is 16.6. The maximum absolute atomic E-state index is 12.4. The third kappa shape index (κ3) is 3.00. The quantitative estimate of drug-likeness (QED) is 0.890. The molecule has 1 fully saturated rings. The van der Waals surface area contributed by atoms with E-state index in [2.05, 4.69) is 15.4 Å². The van der Waals surface area contributed by atoms with Crippen LogP contribution in [0.4, 0.5) is 0 Å². The first-order valence-electron chi connectivity index (χ1n) is 7.38. The summed E-state index contributed by atoms with van der Waals surface area (Å²) in [6.07, 6.45) is 3.84. The molecular formula is C14H18N4O4S. The van der Waals surface area contributed by atoms with Crippen LogP contribution in [-0.2, 0) is 16.3 Å². The minimum Gasteiger partial charge on any atom is -0.351 e. The lowest BCUT2D eigenvalue weighted by Crippen LogP contribution is -2.28. The van der Waals surface area contributed by atoms with E-state index >= 15 is 0 Å². The van der Waals surface area contributed by atoms with Crippen LogP contribution < -0.4 is 0 Å². The third-order valence-corrected chi connectivity index (χ3v) is 5.17. The lowest BCUT2D eigenvalue weighted by atomic mass is 10.1. The highest BCUT2D eigenvalue weighted by Crippen LogP contribution is 2.30. The van der Waals surface area contributed by atoms with E-state index in [-0.39, 0.29) is 22.5 Å². The van der Waals surface area contributed by atoms with Crippen molar-refractivity contribution in [2.75, 3.05) is 19.3 Å². The summed E-state index contributed by atoms with van der Waals surface area (Å²) in [4.78, 5) is 14.3. The molecule has 8 nitrogen and oxygen atoms in total. The molecule has 0 saturated carbocycles. The highest BCUT2D eigenvalue weighted by atomic mass is 32.2. The van der Waals surface area contributed by atoms with Crippen molar-refractivity contribution in [3.8, 4) is 0 Å². The SMILES string of the molecule is CCc1cc(C(=O)N2CC[C@@H](c3[nH]ncc3S(C)(=O)=O)C2)on1. The van der Waals surface area contributed by atoms with Gasteiger partial charge in [0.25, 0.3) is 5.91 Å². The summed E-state index contributed by atoms with van der Waals surface area (Å²) >= 11 is 0. The van der Waals surface area contributed by atoms with E-state index in [1.54, 1.807) is 11.0 Å². The molecule has 2 aromatic heterocycles. The second-order valence-corrected chi connectivity index (χ2v) is 7.68. The molecule has 0 unspecified atom stereocenters. The molecule has 1 atom stereocenters. The molecule has 1 aliphatic heterocycles. The van der Waals surface area contributed by atoms with Crippen LogP contribution >= 0.6 is 0 Å². The summed E-state index contributed by atoms with van der Waals surface area (Å²) in [5.74, 6) is -0.0877. The van der Waals surface area contributed by atoms with E-state index in [1.165, 1.54) is 6.20 Å². The average molecular weight is 338 g/mol. The average Bonchev–Trinajstić information content (AvgIpc) is 3.23. The maximum Gasteiger partial charge on any atom is 0.292 e. The van der Waals surface area contributed by atoms with Gasteiger partial charge in [-0.15, -0.1) is 0 Å². The lowest BCUT2D eigenvalue weighted by molar-refractivity contribution is 0.0749. The van der Waals surface area contributed by atoms with E-state index < -0.39 is 9.84 Å². The van der Waals surface area contributed by atoms with Gasteiger partial charge in [-0.1, -0.05) is 12.1 Å². The molecule has 9 heteroatoms. The summed E-state index contributed by atoms with van der Waals surface area (Å²) in [5, 5.41) is 10.4. The summed E-state index contributed by atoms with van der Waals surface area (Å²) < 4.78 is 28.6. The summed E-state index contributed by atoms with van der Waals surface area (Å²) in [6.45, 7) is 2.89. The first-order valence-corrected chi connectivity index (χ1v) is 9.27. The van der Waals surface area contributed by atoms with Gasteiger partial charge in [-0.2, -0.15) is 5.10 Å². The van der Waals surface area contributed by atoms with Gasteiger partial charge in [0.2, 0.25) is 5.76 Å². The molecular weight excluding hydrogens is 320 g/mol. The van der Waals surface area contributed by atoms with E-state index in [0.717, 1.165) is 11.9 Å². The van der Waals surface area contributed by atoms with Crippen molar-refractivity contribution >= 4 is 15.7 Å².